The first-order chi connectivity index (χ1) is 6.56. The van der Waals surface area contributed by atoms with Crippen LogP contribution in [0.5, 0.6) is 5.75 Å². The fourth-order valence-corrected chi connectivity index (χ4v) is 2.24. The molecule has 0 unspecified atom stereocenters. The molecule has 0 heterocycles. The number of halogens is 2. The SMILES string of the molecule is N#CC[C@@H](N)c1cc(Br)c(O)c(Br)c1. The normalized spacial score (nSPS) is 12.1. The van der Waals surface area contributed by atoms with Crippen molar-refractivity contribution in [3.63, 3.8) is 0 Å². The summed E-state index contributed by atoms with van der Waals surface area (Å²) in [4.78, 5) is 0. The maximum absolute atomic E-state index is 9.44. The molecule has 0 fully saturated rings. The number of rotatable bonds is 2. The van der Waals surface area contributed by atoms with E-state index in [1.54, 1.807) is 12.1 Å². The summed E-state index contributed by atoms with van der Waals surface area (Å²) >= 11 is 6.40. The number of nitriles is 1. The van der Waals surface area contributed by atoms with Crippen molar-refractivity contribution < 1.29 is 5.11 Å². The third-order valence-electron chi connectivity index (χ3n) is 1.78. The Kier molecular flexibility index (Phi) is 3.93. The molecular weight excluding hydrogens is 312 g/mol. The molecule has 1 aromatic rings. The minimum absolute atomic E-state index is 0.137. The molecule has 3 N–H and O–H groups in total. The smallest absolute Gasteiger partial charge is 0.143 e. The predicted octanol–water partition coefficient (Wildman–Crippen LogP) is 2.83. The highest BCUT2D eigenvalue weighted by molar-refractivity contribution is 9.11. The first kappa shape index (κ1) is 11.5. The molecule has 0 aliphatic heterocycles. The Bertz CT molecular complexity index is 364. The number of benzene rings is 1. The molecule has 1 aromatic carbocycles. The lowest BCUT2D eigenvalue weighted by Gasteiger charge is -2.10. The summed E-state index contributed by atoms with van der Waals surface area (Å²) in [6, 6.07) is 5.10. The van der Waals surface area contributed by atoms with Gasteiger partial charge in [0.2, 0.25) is 0 Å². The Labute approximate surface area is 98.8 Å². The molecule has 0 amide bonds. The van der Waals surface area contributed by atoms with Crippen molar-refractivity contribution in [1.82, 2.24) is 0 Å². The average Bonchev–Trinajstić information content (AvgIpc) is 2.13. The van der Waals surface area contributed by atoms with Gasteiger partial charge in [0.15, 0.2) is 0 Å². The number of hydrogen-bond donors (Lipinski definition) is 2. The maximum atomic E-state index is 9.44. The number of phenols is 1. The van der Waals surface area contributed by atoms with Crippen molar-refractivity contribution in [2.24, 2.45) is 5.73 Å². The monoisotopic (exact) mass is 318 g/mol. The molecule has 1 atom stereocenters. The molecule has 0 aromatic heterocycles. The molecule has 0 spiro atoms. The van der Waals surface area contributed by atoms with Crippen LogP contribution in [-0.2, 0) is 0 Å². The zero-order valence-electron chi connectivity index (χ0n) is 7.17. The van der Waals surface area contributed by atoms with Gasteiger partial charge in [-0.3, -0.25) is 0 Å². The molecule has 74 valence electrons. The van der Waals surface area contributed by atoms with Gasteiger partial charge in [-0.2, -0.15) is 5.26 Å². The number of nitrogens with zero attached hydrogens (tertiary/aromatic N) is 1. The van der Waals surface area contributed by atoms with Gasteiger partial charge in [-0.05, 0) is 49.6 Å². The van der Waals surface area contributed by atoms with E-state index in [2.05, 4.69) is 31.9 Å². The van der Waals surface area contributed by atoms with E-state index in [9.17, 15) is 5.11 Å². The van der Waals surface area contributed by atoms with E-state index in [0.29, 0.717) is 8.95 Å². The highest BCUT2D eigenvalue weighted by atomic mass is 79.9. The second kappa shape index (κ2) is 4.78. The van der Waals surface area contributed by atoms with Crippen molar-refractivity contribution in [1.29, 1.82) is 5.26 Å². The van der Waals surface area contributed by atoms with E-state index in [0.717, 1.165) is 5.56 Å². The van der Waals surface area contributed by atoms with Gasteiger partial charge in [-0.25, -0.2) is 0 Å². The minimum Gasteiger partial charge on any atom is -0.506 e. The summed E-state index contributed by atoms with van der Waals surface area (Å²) in [5, 5.41) is 17.9. The number of phenolic OH excluding ortho intramolecular Hbond substituents is 1. The maximum Gasteiger partial charge on any atom is 0.143 e. The van der Waals surface area contributed by atoms with Crippen LogP contribution in [0.2, 0.25) is 0 Å². The van der Waals surface area contributed by atoms with Crippen LogP contribution in [0.3, 0.4) is 0 Å². The highest BCUT2D eigenvalue weighted by Gasteiger charge is 2.10. The molecule has 0 radical (unpaired) electrons. The van der Waals surface area contributed by atoms with Crippen LogP contribution in [0.25, 0.3) is 0 Å². The molecule has 0 aliphatic carbocycles. The van der Waals surface area contributed by atoms with Crippen molar-refractivity contribution in [3.05, 3.63) is 26.6 Å². The number of aromatic hydroxyl groups is 1. The second-order valence-electron chi connectivity index (χ2n) is 2.80. The van der Waals surface area contributed by atoms with Crippen molar-refractivity contribution in [3.8, 4) is 11.8 Å². The molecule has 0 aliphatic rings. The largest absolute Gasteiger partial charge is 0.506 e. The zero-order chi connectivity index (χ0) is 10.7. The third kappa shape index (κ3) is 2.47. The van der Waals surface area contributed by atoms with Gasteiger partial charge < -0.3 is 10.8 Å². The fraction of sp³-hybridized carbons (Fsp3) is 0.222. The molecule has 0 saturated heterocycles. The number of nitrogens with two attached hydrogens (primary N) is 1. The van der Waals surface area contributed by atoms with Crippen LogP contribution in [0.15, 0.2) is 21.1 Å². The van der Waals surface area contributed by atoms with Crippen LogP contribution in [0.1, 0.15) is 18.0 Å². The fourth-order valence-electron chi connectivity index (χ4n) is 1.02. The molecule has 0 bridgehead atoms. The quantitative estimate of drug-likeness (QED) is 0.880. The molecular formula is C9H8Br2N2O. The molecule has 14 heavy (non-hydrogen) atoms. The van der Waals surface area contributed by atoms with Gasteiger partial charge >= 0.3 is 0 Å². The average molecular weight is 320 g/mol. The summed E-state index contributed by atoms with van der Waals surface area (Å²) in [5.41, 5.74) is 6.56. The zero-order valence-corrected chi connectivity index (χ0v) is 10.3. The van der Waals surface area contributed by atoms with Crippen molar-refractivity contribution >= 4 is 31.9 Å². The Hall–Kier alpha value is -0.570. The first-order valence-corrected chi connectivity index (χ1v) is 5.45. The van der Waals surface area contributed by atoms with Crippen LogP contribution in [0, 0.1) is 11.3 Å². The predicted molar refractivity (Wildman–Crippen MR) is 60.7 cm³/mol. The van der Waals surface area contributed by atoms with Crippen LogP contribution >= 0.6 is 31.9 Å². The summed E-state index contributed by atoms with van der Waals surface area (Å²) in [7, 11) is 0. The second-order valence-corrected chi connectivity index (χ2v) is 4.51. The Morgan fingerprint density at radius 1 is 1.43 bits per heavy atom. The Morgan fingerprint density at radius 2 is 1.93 bits per heavy atom. The van der Waals surface area contributed by atoms with Gasteiger partial charge in [-0.15, -0.1) is 0 Å². The van der Waals surface area contributed by atoms with Gasteiger partial charge in [0, 0.05) is 6.04 Å². The molecule has 0 saturated carbocycles. The highest BCUT2D eigenvalue weighted by Crippen LogP contribution is 2.35. The van der Waals surface area contributed by atoms with E-state index in [-0.39, 0.29) is 18.2 Å². The van der Waals surface area contributed by atoms with E-state index in [1.165, 1.54) is 0 Å². The van der Waals surface area contributed by atoms with Gasteiger partial charge in [0.25, 0.3) is 0 Å². The summed E-state index contributed by atoms with van der Waals surface area (Å²) in [6.07, 6.45) is 0.254. The van der Waals surface area contributed by atoms with E-state index >= 15 is 0 Å². The molecule has 1 rings (SSSR count). The van der Waals surface area contributed by atoms with Gasteiger partial charge in [0.1, 0.15) is 5.75 Å². The van der Waals surface area contributed by atoms with E-state index in [4.69, 9.17) is 11.0 Å². The number of hydrogen-bond acceptors (Lipinski definition) is 3. The summed E-state index contributed by atoms with van der Waals surface area (Å²) in [6.45, 7) is 0. The standard InChI is InChI=1S/C9H8Br2N2O/c10-6-3-5(8(13)1-2-12)4-7(11)9(6)14/h3-4,8,14H,1,13H2/t8-/m1/s1. The van der Waals surface area contributed by atoms with Gasteiger partial charge in [0.05, 0.1) is 21.4 Å². The molecule has 5 heteroatoms. The lowest BCUT2D eigenvalue weighted by atomic mass is 10.1. The lowest BCUT2D eigenvalue weighted by molar-refractivity contribution is 0.468. The minimum atomic E-state index is -0.326. The summed E-state index contributed by atoms with van der Waals surface area (Å²) in [5.74, 6) is 0.137. The molecule has 3 nitrogen and oxygen atoms in total. The van der Waals surface area contributed by atoms with E-state index in [1.807, 2.05) is 6.07 Å². The van der Waals surface area contributed by atoms with Gasteiger partial charge in [-0.1, -0.05) is 0 Å². The van der Waals surface area contributed by atoms with Crippen molar-refractivity contribution in [2.75, 3.05) is 0 Å². The third-order valence-corrected chi connectivity index (χ3v) is 2.99. The van der Waals surface area contributed by atoms with Crippen LogP contribution < -0.4 is 5.73 Å². The Morgan fingerprint density at radius 3 is 2.36 bits per heavy atom. The Balaban J connectivity index is 3.07. The van der Waals surface area contributed by atoms with Crippen LogP contribution in [0.4, 0.5) is 0 Å². The van der Waals surface area contributed by atoms with E-state index < -0.39 is 0 Å². The first-order valence-electron chi connectivity index (χ1n) is 3.86. The van der Waals surface area contributed by atoms with Crippen molar-refractivity contribution in [2.45, 2.75) is 12.5 Å². The summed E-state index contributed by atoms with van der Waals surface area (Å²) < 4.78 is 1.13. The van der Waals surface area contributed by atoms with Crippen LogP contribution in [-0.4, -0.2) is 5.11 Å². The lowest BCUT2D eigenvalue weighted by Crippen LogP contribution is -2.09. The topological polar surface area (TPSA) is 70.0 Å².